The van der Waals surface area contributed by atoms with Crippen LogP contribution in [0.3, 0.4) is 0 Å². The molecule has 8 heteroatoms. The first kappa shape index (κ1) is 16.4. The van der Waals surface area contributed by atoms with E-state index < -0.39 is 16.4 Å². The van der Waals surface area contributed by atoms with Crippen LogP contribution in [0.15, 0.2) is 51.8 Å². The van der Waals surface area contributed by atoms with E-state index >= 15 is 0 Å². The zero-order valence-corrected chi connectivity index (χ0v) is 13.5. The topological polar surface area (TPSA) is 72.2 Å². The molecule has 0 atom stereocenters. The number of carbonyl (C=O) groups is 1. The van der Waals surface area contributed by atoms with Crippen molar-refractivity contribution >= 4 is 45.0 Å². The summed E-state index contributed by atoms with van der Waals surface area (Å²) in [4.78, 5) is 22.5. The predicted octanol–water partition coefficient (Wildman–Crippen LogP) is 4.23. The van der Waals surface area contributed by atoms with Crippen LogP contribution in [0.1, 0.15) is 0 Å². The van der Waals surface area contributed by atoms with Crippen LogP contribution in [0, 0.1) is 15.9 Å². The maximum absolute atomic E-state index is 13.2. The van der Waals surface area contributed by atoms with Crippen LogP contribution in [-0.4, -0.2) is 16.6 Å². The van der Waals surface area contributed by atoms with E-state index in [-0.39, 0.29) is 17.3 Å². The lowest BCUT2D eigenvalue weighted by Gasteiger charge is -2.05. The fourth-order valence-electron chi connectivity index (χ4n) is 1.61. The third-order valence-corrected chi connectivity index (χ3v) is 4.15. The van der Waals surface area contributed by atoms with E-state index in [4.69, 9.17) is 0 Å². The van der Waals surface area contributed by atoms with Crippen molar-refractivity contribution in [2.45, 2.75) is 4.90 Å². The van der Waals surface area contributed by atoms with Gasteiger partial charge in [0.2, 0.25) is 11.7 Å². The summed E-state index contributed by atoms with van der Waals surface area (Å²) in [5, 5.41) is 13.1. The maximum Gasteiger partial charge on any atom is 0.306 e. The summed E-state index contributed by atoms with van der Waals surface area (Å²) in [6.45, 7) is 0. The number of amides is 1. The molecule has 0 bridgehead atoms. The first-order chi connectivity index (χ1) is 10.5. The molecule has 2 rings (SSSR count). The molecule has 0 heterocycles. The number of rotatable bonds is 5. The van der Waals surface area contributed by atoms with Gasteiger partial charge in [0.15, 0.2) is 0 Å². The summed E-state index contributed by atoms with van der Waals surface area (Å²) in [5.74, 6) is -1.12. The van der Waals surface area contributed by atoms with E-state index in [1.54, 1.807) is 0 Å². The number of halogens is 2. The Kier molecular flexibility index (Phi) is 5.51. The number of hydrogen-bond donors (Lipinski definition) is 1. The number of nitrogens with one attached hydrogen (secondary N) is 1. The summed E-state index contributed by atoms with van der Waals surface area (Å²) >= 11 is 4.65. The Bertz CT molecular complexity index is 710. The van der Waals surface area contributed by atoms with Crippen molar-refractivity contribution in [3.05, 3.63) is 62.9 Å². The summed E-state index contributed by atoms with van der Waals surface area (Å²) in [5.41, 5.74) is -0.479. The van der Waals surface area contributed by atoms with Gasteiger partial charge in [-0.25, -0.2) is 0 Å². The Labute approximate surface area is 138 Å². The van der Waals surface area contributed by atoms with E-state index in [9.17, 15) is 19.3 Å². The molecule has 5 nitrogen and oxygen atoms in total. The number of nitro groups is 1. The molecule has 2 aromatic rings. The average Bonchev–Trinajstić information content (AvgIpc) is 2.48. The molecule has 0 aromatic heterocycles. The zero-order chi connectivity index (χ0) is 16.1. The minimum atomic E-state index is -0.938. The van der Waals surface area contributed by atoms with E-state index in [0.29, 0.717) is 0 Å². The fourth-order valence-corrected chi connectivity index (χ4v) is 2.57. The molecule has 0 saturated carbocycles. The Morgan fingerprint density at radius 3 is 2.59 bits per heavy atom. The van der Waals surface area contributed by atoms with Gasteiger partial charge < -0.3 is 5.32 Å². The van der Waals surface area contributed by atoms with Gasteiger partial charge >= 0.3 is 5.69 Å². The number of nitro benzene ring substituents is 1. The minimum absolute atomic E-state index is 0.146. The summed E-state index contributed by atoms with van der Waals surface area (Å²) in [6, 6.07) is 10.7. The lowest BCUT2D eigenvalue weighted by atomic mass is 10.2. The zero-order valence-electron chi connectivity index (χ0n) is 11.1. The third-order valence-electron chi connectivity index (χ3n) is 2.61. The van der Waals surface area contributed by atoms with Crippen molar-refractivity contribution in [3.8, 4) is 0 Å². The molecule has 22 heavy (non-hydrogen) atoms. The number of hydrogen-bond acceptors (Lipinski definition) is 4. The SMILES string of the molecule is O=C(CSc1ccc(Br)cc1)Nc1ccc(F)c([N+](=O)[O-])c1. The molecule has 0 aliphatic carbocycles. The van der Waals surface area contributed by atoms with Crippen LogP contribution in [0.25, 0.3) is 0 Å². The van der Waals surface area contributed by atoms with E-state index in [2.05, 4.69) is 21.2 Å². The second-order valence-electron chi connectivity index (χ2n) is 4.21. The number of benzene rings is 2. The van der Waals surface area contributed by atoms with Crippen LogP contribution >= 0.6 is 27.7 Å². The predicted molar refractivity (Wildman–Crippen MR) is 86.6 cm³/mol. The molecule has 0 radical (unpaired) electrons. The number of carbonyl (C=O) groups excluding carboxylic acids is 1. The molecule has 0 fully saturated rings. The van der Waals surface area contributed by atoms with Crippen LogP contribution in [0.4, 0.5) is 15.8 Å². The highest BCUT2D eigenvalue weighted by atomic mass is 79.9. The quantitative estimate of drug-likeness (QED) is 0.475. The Balaban J connectivity index is 1.96. The van der Waals surface area contributed by atoms with E-state index in [1.165, 1.54) is 17.8 Å². The first-order valence-corrected chi connectivity index (χ1v) is 7.86. The average molecular weight is 385 g/mol. The van der Waals surface area contributed by atoms with Gasteiger partial charge in [0.05, 0.1) is 10.7 Å². The number of anilines is 1. The molecule has 2 aromatic carbocycles. The van der Waals surface area contributed by atoms with Gasteiger partial charge in [0, 0.05) is 21.1 Å². The van der Waals surface area contributed by atoms with Gasteiger partial charge in [-0.05, 0) is 36.4 Å². The normalized spacial score (nSPS) is 10.3. The molecular weight excluding hydrogens is 375 g/mol. The smallest absolute Gasteiger partial charge is 0.306 e. The summed E-state index contributed by atoms with van der Waals surface area (Å²) in [6.07, 6.45) is 0. The van der Waals surface area contributed by atoms with Crippen molar-refractivity contribution in [2.75, 3.05) is 11.1 Å². The van der Waals surface area contributed by atoms with Crippen LogP contribution < -0.4 is 5.32 Å². The highest BCUT2D eigenvalue weighted by Crippen LogP contribution is 2.23. The highest BCUT2D eigenvalue weighted by molar-refractivity contribution is 9.10. The molecular formula is C14H10BrFN2O3S. The van der Waals surface area contributed by atoms with Gasteiger partial charge in [-0.1, -0.05) is 15.9 Å². The lowest BCUT2D eigenvalue weighted by Crippen LogP contribution is -2.14. The van der Waals surface area contributed by atoms with Gasteiger partial charge in [0.1, 0.15) is 0 Å². The summed E-state index contributed by atoms with van der Waals surface area (Å²) in [7, 11) is 0. The molecule has 0 saturated heterocycles. The molecule has 1 amide bonds. The van der Waals surface area contributed by atoms with E-state index in [0.717, 1.165) is 21.5 Å². The lowest BCUT2D eigenvalue weighted by molar-refractivity contribution is -0.387. The minimum Gasteiger partial charge on any atom is -0.325 e. The molecule has 114 valence electrons. The van der Waals surface area contributed by atoms with Gasteiger partial charge in [-0.3, -0.25) is 14.9 Å². The van der Waals surface area contributed by atoms with Crippen LogP contribution in [0.2, 0.25) is 0 Å². The number of thioether (sulfide) groups is 1. The second-order valence-corrected chi connectivity index (χ2v) is 6.18. The van der Waals surface area contributed by atoms with Crippen molar-refractivity contribution < 1.29 is 14.1 Å². The van der Waals surface area contributed by atoms with Crippen molar-refractivity contribution in [3.63, 3.8) is 0 Å². The first-order valence-electron chi connectivity index (χ1n) is 6.08. The Morgan fingerprint density at radius 1 is 1.27 bits per heavy atom. The van der Waals surface area contributed by atoms with Crippen molar-refractivity contribution in [1.29, 1.82) is 0 Å². The fraction of sp³-hybridized carbons (Fsp3) is 0.0714. The highest BCUT2D eigenvalue weighted by Gasteiger charge is 2.15. The molecule has 1 N–H and O–H groups in total. The van der Waals surface area contributed by atoms with Gasteiger partial charge in [-0.15, -0.1) is 11.8 Å². The molecule has 0 spiro atoms. The van der Waals surface area contributed by atoms with Crippen molar-refractivity contribution in [1.82, 2.24) is 0 Å². The Morgan fingerprint density at radius 2 is 1.95 bits per heavy atom. The molecule has 0 unspecified atom stereocenters. The molecule has 0 aliphatic heterocycles. The summed E-state index contributed by atoms with van der Waals surface area (Å²) < 4.78 is 14.1. The Hall–Kier alpha value is -1.93. The van der Waals surface area contributed by atoms with Gasteiger partial charge in [-0.2, -0.15) is 4.39 Å². The largest absolute Gasteiger partial charge is 0.325 e. The van der Waals surface area contributed by atoms with Crippen LogP contribution in [0.5, 0.6) is 0 Å². The monoisotopic (exact) mass is 384 g/mol. The van der Waals surface area contributed by atoms with Gasteiger partial charge in [0.25, 0.3) is 0 Å². The molecule has 0 aliphatic rings. The third kappa shape index (κ3) is 4.54. The van der Waals surface area contributed by atoms with Crippen molar-refractivity contribution in [2.24, 2.45) is 0 Å². The second kappa shape index (κ2) is 7.37. The van der Waals surface area contributed by atoms with Crippen LogP contribution in [-0.2, 0) is 4.79 Å². The standard InChI is InChI=1S/C14H10BrFN2O3S/c15-9-1-4-11(5-2-9)22-8-14(19)17-10-3-6-12(16)13(7-10)18(20)21/h1-7H,8H2,(H,17,19). The van der Waals surface area contributed by atoms with E-state index in [1.807, 2.05) is 24.3 Å². The maximum atomic E-state index is 13.2. The number of nitrogens with zero attached hydrogens (tertiary/aromatic N) is 1.